The first-order chi connectivity index (χ1) is 7.20. The standard InChI is InChI=1S/C11H18N4/c1-3-8-15(4-2)11-9(10(12)13)6-5-7-14-11/h5-7H,3-4,8H2,1-2H3,(H3,12,13). The number of nitrogen functional groups attached to an aromatic ring is 1. The van der Waals surface area contributed by atoms with Gasteiger partial charge in [-0.25, -0.2) is 4.98 Å². The molecule has 0 radical (unpaired) electrons. The van der Waals surface area contributed by atoms with Gasteiger partial charge < -0.3 is 10.6 Å². The minimum atomic E-state index is 0.0765. The van der Waals surface area contributed by atoms with Crippen LogP contribution in [0.2, 0.25) is 0 Å². The zero-order valence-corrected chi connectivity index (χ0v) is 9.33. The highest BCUT2D eigenvalue weighted by atomic mass is 15.2. The van der Waals surface area contributed by atoms with Gasteiger partial charge in [0.05, 0.1) is 5.56 Å². The number of amidine groups is 1. The van der Waals surface area contributed by atoms with Crippen LogP contribution >= 0.6 is 0 Å². The van der Waals surface area contributed by atoms with E-state index >= 15 is 0 Å². The van der Waals surface area contributed by atoms with Crippen molar-refractivity contribution in [3.63, 3.8) is 0 Å². The van der Waals surface area contributed by atoms with E-state index in [0.29, 0.717) is 5.56 Å². The molecule has 15 heavy (non-hydrogen) atoms. The highest BCUT2D eigenvalue weighted by Gasteiger charge is 2.11. The fraction of sp³-hybridized carbons (Fsp3) is 0.455. The number of pyridine rings is 1. The molecule has 3 N–H and O–H groups in total. The summed E-state index contributed by atoms with van der Waals surface area (Å²) in [6, 6.07) is 3.64. The van der Waals surface area contributed by atoms with Gasteiger partial charge in [-0.3, -0.25) is 5.41 Å². The molecule has 0 amide bonds. The van der Waals surface area contributed by atoms with Gasteiger partial charge in [0, 0.05) is 19.3 Å². The molecular formula is C11H18N4. The van der Waals surface area contributed by atoms with Crippen LogP contribution in [-0.4, -0.2) is 23.9 Å². The Morgan fingerprint density at radius 3 is 2.80 bits per heavy atom. The van der Waals surface area contributed by atoms with Crippen molar-refractivity contribution in [2.45, 2.75) is 20.3 Å². The Kier molecular flexibility index (Phi) is 4.09. The molecule has 0 unspecified atom stereocenters. The summed E-state index contributed by atoms with van der Waals surface area (Å²) < 4.78 is 0. The van der Waals surface area contributed by atoms with Crippen molar-refractivity contribution in [1.29, 1.82) is 5.41 Å². The van der Waals surface area contributed by atoms with Gasteiger partial charge in [-0.05, 0) is 25.5 Å². The van der Waals surface area contributed by atoms with E-state index in [1.165, 1.54) is 0 Å². The van der Waals surface area contributed by atoms with Crippen molar-refractivity contribution >= 4 is 11.7 Å². The van der Waals surface area contributed by atoms with E-state index in [-0.39, 0.29) is 5.84 Å². The fourth-order valence-electron chi connectivity index (χ4n) is 1.54. The summed E-state index contributed by atoms with van der Waals surface area (Å²) >= 11 is 0. The quantitative estimate of drug-likeness (QED) is 0.568. The van der Waals surface area contributed by atoms with Gasteiger partial charge in [0.1, 0.15) is 11.7 Å². The van der Waals surface area contributed by atoms with Gasteiger partial charge in [-0.15, -0.1) is 0 Å². The van der Waals surface area contributed by atoms with Crippen molar-refractivity contribution < 1.29 is 0 Å². The lowest BCUT2D eigenvalue weighted by Gasteiger charge is -2.23. The van der Waals surface area contributed by atoms with E-state index < -0.39 is 0 Å². The van der Waals surface area contributed by atoms with Gasteiger partial charge >= 0.3 is 0 Å². The third-order valence-electron chi connectivity index (χ3n) is 2.25. The molecule has 0 saturated carbocycles. The number of nitrogens with one attached hydrogen (secondary N) is 1. The first-order valence-corrected chi connectivity index (χ1v) is 5.25. The second kappa shape index (κ2) is 5.34. The number of nitrogens with zero attached hydrogens (tertiary/aromatic N) is 2. The van der Waals surface area contributed by atoms with Crippen LogP contribution in [0.5, 0.6) is 0 Å². The smallest absolute Gasteiger partial charge is 0.139 e. The molecule has 0 saturated heterocycles. The molecule has 1 aromatic rings. The molecule has 0 aliphatic heterocycles. The molecule has 82 valence electrons. The van der Waals surface area contributed by atoms with E-state index in [1.54, 1.807) is 12.3 Å². The normalized spacial score (nSPS) is 10.0. The summed E-state index contributed by atoms with van der Waals surface area (Å²) in [6.07, 6.45) is 2.79. The van der Waals surface area contributed by atoms with Gasteiger partial charge in [0.25, 0.3) is 0 Å². The lowest BCUT2D eigenvalue weighted by molar-refractivity contribution is 0.777. The maximum absolute atomic E-state index is 7.49. The SMILES string of the molecule is CCCN(CC)c1ncccc1C(=N)N. The number of nitrogens with two attached hydrogens (primary N) is 1. The van der Waals surface area contributed by atoms with Crippen LogP contribution in [0, 0.1) is 5.41 Å². The van der Waals surface area contributed by atoms with E-state index in [1.807, 2.05) is 6.07 Å². The Morgan fingerprint density at radius 2 is 2.27 bits per heavy atom. The second-order valence-electron chi connectivity index (χ2n) is 3.37. The average molecular weight is 206 g/mol. The Balaban J connectivity index is 3.04. The summed E-state index contributed by atoms with van der Waals surface area (Å²) in [7, 11) is 0. The highest BCUT2D eigenvalue weighted by Crippen LogP contribution is 2.16. The maximum atomic E-state index is 7.49. The van der Waals surface area contributed by atoms with Crippen molar-refractivity contribution in [2.24, 2.45) is 5.73 Å². The van der Waals surface area contributed by atoms with Crippen LogP contribution in [-0.2, 0) is 0 Å². The van der Waals surface area contributed by atoms with Gasteiger partial charge in [-0.1, -0.05) is 6.92 Å². The Morgan fingerprint density at radius 1 is 1.53 bits per heavy atom. The summed E-state index contributed by atoms with van der Waals surface area (Å²) in [6.45, 7) is 6.02. The Bertz CT molecular complexity index is 335. The van der Waals surface area contributed by atoms with Crippen molar-refractivity contribution in [3.05, 3.63) is 23.9 Å². The number of aromatic nitrogens is 1. The zero-order valence-electron chi connectivity index (χ0n) is 9.33. The summed E-state index contributed by atoms with van der Waals surface area (Å²) in [4.78, 5) is 6.43. The summed E-state index contributed by atoms with van der Waals surface area (Å²) in [5.41, 5.74) is 6.24. The fourth-order valence-corrected chi connectivity index (χ4v) is 1.54. The lowest BCUT2D eigenvalue weighted by atomic mass is 10.2. The van der Waals surface area contributed by atoms with Crippen LogP contribution in [0.25, 0.3) is 0 Å². The molecule has 1 aromatic heterocycles. The van der Waals surface area contributed by atoms with Crippen molar-refractivity contribution in [1.82, 2.24) is 4.98 Å². The molecular weight excluding hydrogens is 188 g/mol. The number of anilines is 1. The van der Waals surface area contributed by atoms with Crippen LogP contribution in [0.3, 0.4) is 0 Å². The highest BCUT2D eigenvalue weighted by molar-refractivity contribution is 5.99. The molecule has 0 aromatic carbocycles. The van der Waals surface area contributed by atoms with Crippen molar-refractivity contribution in [3.8, 4) is 0 Å². The topological polar surface area (TPSA) is 66.0 Å². The van der Waals surface area contributed by atoms with Gasteiger partial charge in [0.2, 0.25) is 0 Å². The second-order valence-corrected chi connectivity index (χ2v) is 3.37. The maximum Gasteiger partial charge on any atom is 0.139 e. The predicted octanol–water partition coefficient (Wildman–Crippen LogP) is 1.60. The molecule has 4 nitrogen and oxygen atoms in total. The molecule has 0 atom stereocenters. The molecule has 0 aliphatic carbocycles. The summed E-state index contributed by atoms with van der Waals surface area (Å²) in [5.74, 6) is 0.891. The van der Waals surface area contributed by atoms with E-state index in [9.17, 15) is 0 Å². The molecule has 4 heteroatoms. The zero-order chi connectivity index (χ0) is 11.3. The van der Waals surface area contributed by atoms with Crippen LogP contribution < -0.4 is 10.6 Å². The van der Waals surface area contributed by atoms with Crippen molar-refractivity contribution in [2.75, 3.05) is 18.0 Å². The van der Waals surface area contributed by atoms with Gasteiger partial charge in [0.15, 0.2) is 0 Å². The largest absolute Gasteiger partial charge is 0.384 e. The third-order valence-corrected chi connectivity index (χ3v) is 2.25. The predicted molar refractivity (Wildman–Crippen MR) is 63.4 cm³/mol. The molecule has 1 rings (SSSR count). The van der Waals surface area contributed by atoms with E-state index in [2.05, 4.69) is 23.7 Å². The third kappa shape index (κ3) is 2.68. The Hall–Kier alpha value is -1.58. The number of hydrogen-bond donors (Lipinski definition) is 2. The monoisotopic (exact) mass is 206 g/mol. The first-order valence-electron chi connectivity index (χ1n) is 5.25. The molecule has 0 fully saturated rings. The van der Waals surface area contributed by atoms with E-state index in [4.69, 9.17) is 11.1 Å². The first kappa shape index (κ1) is 11.5. The van der Waals surface area contributed by atoms with Crippen LogP contribution in [0.1, 0.15) is 25.8 Å². The minimum Gasteiger partial charge on any atom is -0.384 e. The summed E-state index contributed by atoms with van der Waals surface area (Å²) in [5, 5.41) is 7.49. The molecule has 0 bridgehead atoms. The average Bonchev–Trinajstić information content (AvgIpc) is 2.26. The number of rotatable bonds is 5. The molecule has 1 heterocycles. The van der Waals surface area contributed by atoms with Gasteiger partial charge in [-0.2, -0.15) is 0 Å². The Labute approximate surface area is 90.6 Å². The van der Waals surface area contributed by atoms with E-state index in [0.717, 1.165) is 25.3 Å². The number of hydrogen-bond acceptors (Lipinski definition) is 3. The van der Waals surface area contributed by atoms with Crippen LogP contribution in [0.4, 0.5) is 5.82 Å². The molecule has 0 aliphatic rings. The van der Waals surface area contributed by atoms with Crippen LogP contribution in [0.15, 0.2) is 18.3 Å². The molecule has 0 spiro atoms. The minimum absolute atomic E-state index is 0.0765. The lowest BCUT2D eigenvalue weighted by Crippen LogP contribution is -2.27.